The summed E-state index contributed by atoms with van der Waals surface area (Å²) in [7, 11) is 0. The molecule has 0 radical (unpaired) electrons. The van der Waals surface area contributed by atoms with Gasteiger partial charge in [-0.3, -0.25) is 0 Å². The highest BCUT2D eigenvalue weighted by Gasteiger charge is 2.64. The zero-order valence-corrected chi connectivity index (χ0v) is 8.39. The summed E-state index contributed by atoms with van der Waals surface area (Å²) in [6.45, 7) is 8.71. The second-order valence-electron chi connectivity index (χ2n) is 5.15. The standard InChI is InChI=1S/C12H16O/c1-7-10-11(12(10,2)3)8-5-4-6-9(8)13-7/h10-11H,1,4-6H2,2-3H3. The Hall–Kier alpha value is -0.720. The molecule has 1 heteroatoms. The van der Waals surface area contributed by atoms with Gasteiger partial charge in [0.05, 0.1) is 0 Å². The summed E-state index contributed by atoms with van der Waals surface area (Å²) in [6.07, 6.45) is 3.71. The molecule has 0 saturated heterocycles. The van der Waals surface area contributed by atoms with E-state index in [0.29, 0.717) is 11.3 Å². The molecule has 0 N–H and O–H groups in total. The monoisotopic (exact) mass is 176 g/mol. The molecule has 0 amide bonds. The Kier molecular flexibility index (Phi) is 1.19. The molecule has 1 nitrogen and oxygen atoms in total. The largest absolute Gasteiger partial charge is 0.466 e. The van der Waals surface area contributed by atoms with Gasteiger partial charge in [0.1, 0.15) is 11.5 Å². The number of ether oxygens (including phenoxy) is 1. The van der Waals surface area contributed by atoms with Crippen molar-refractivity contribution >= 4 is 0 Å². The Labute approximate surface area is 79.5 Å². The van der Waals surface area contributed by atoms with Crippen molar-refractivity contribution in [2.75, 3.05) is 0 Å². The second-order valence-corrected chi connectivity index (χ2v) is 5.15. The maximum absolute atomic E-state index is 5.78. The van der Waals surface area contributed by atoms with Gasteiger partial charge in [-0.2, -0.15) is 0 Å². The van der Waals surface area contributed by atoms with Crippen molar-refractivity contribution in [3.05, 3.63) is 23.7 Å². The smallest absolute Gasteiger partial charge is 0.103 e. The van der Waals surface area contributed by atoms with Crippen LogP contribution in [0.1, 0.15) is 33.1 Å². The zero-order valence-electron chi connectivity index (χ0n) is 8.39. The average molecular weight is 176 g/mol. The van der Waals surface area contributed by atoms with E-state index in [0.717, 1.165) is 18.1 Å². The lowest BCUT2D eigenvalue weighted by Gasteiger charge is -2.16. The van der Waals surface area contributed by atoms with E-state index in [4.69, 9.17) is 4.74 Å². The van der Waals surface area contributed by atoms with Crippen molar-refractivity contribution in [2.45, 2.75) is 33.1 Å². The number of fused-ring (bicyclic) bond motifs is 2. The molecule has 13 heavy (non-hydrogen) atoms. The van der Waals surface area contributed by atoms with Crippen LogP contribution >= 0.6 is 0 Å². The molecule has 0 spiro atoms. The van der Waals surface area contributed by atoms with Crippen LogP contribution in [0.25, 0.3) is 0 Å². The minimum atomic E-state index is 0.429. The predicted octanol–water partition coefficient (Wildman–Crippen LogP) is 3.24. The quantitative estimate of drug-likeness (QED) is 0.550. The van der Waals surface area contributed by atoms with E-state index in [1.165, 1.54) is 18.6 Å². The Morgan fingerprint density at radius 3 is 2.85 bits per heavy atom. The van der Waals surface area contributed by atoms with Gasteiger partial charge >= 0.3 is 0 Å². The van der Waals surface area contributed by atoms with Crippen LogP contribution in [0.4, 0.5) is 0 Å². The molecule has 1 heterocycles. The van der Waals surface area contributed by atoms with Crippen molar-refractivity contribution in [3.63, 3.8) is 0 Å². The van der Waals surface area contributed by atoms with Crippen molar-refractivity contribution in [2.24, 2.45) is 17.3 Å². The van der Waals surface area contributed by atoms with Crippen molar-refractivity contribution < 1.29 is 4.74 Å². The van der Waals surface area contributed by atoms with Gasteiger partial charge < -0.3 is 4.74 Å². The second kappa shape index (κ2) is 2.02. The highest BCUT2D eigenvalue weighted by molar-refractivity contribution is 5.37. The lowest BCUT2D eigenvalue weighted by Crippen LogP contribution is -2.03. The molecular formula is C12H16O. The first-order valence-electron chi connectivity index (χ1n) is 5.21. The fraction of sp³-hybridized carbons (Fsp3) is 0.667. The summed E-state index contributed by atoms with van der Waals surface area (Å²) in [5.41, 5.74) is 2.04. The highest BCUT2D eigenvalue weighted by Crippen LogP contribution is 2.69. The molecule has 2 atom stereocenters. The minimum absolute atomic E-state index is 0.429. The van der Waals surface area contributed by atoms with Gasteiger partial charge in [0, 0.05) is 12.3 Å². The topological polar surface area (TPSA) is 9.23 Å². The molecule has 1 saturated carbocycles. The molecule has 0 aromatic carbocycles. The van der Waals surface area contributed by atoms with Gasteiger partial charge in [-0.15, -0.1) is 0 Å². The molecule has 2 unspecified atom stereocenters. The van der Waals surface area contributed by atoms with Gasteiger partial charge in [0.15, 0.2) is 0 Å². The molecular weight excluding hydrogens is 160 g/mol. The fourth-order valence-electron chi connectivity index (χ4n) is 3.30. The highest BCUT2D eigenvalue weighted by atomic mass is 16.5. The van der Waals surface area contributed by atoms with Crippen LogP contribution in [-0.2, 0) is 4.74 Å². The van der Waals surface area contributed by atoms with Crippen molar-refractivity contribution in [1.82, 2.24) is 0 Å². The summed E-state index contributed by atoms with van der Waals surface area (Å²) < 4.78 is 5.78. The molecule has 1 aliphatic heterocycles. The first kappa shape index (κ1) is 7.66. The van der Waals surface area contributed by atoms with Crippen molar-refractivity contribution in [3.8, 4) is 0 Å². The predicted molar refractivity (Wildman–Crippen MR) is 51.9 cm³/mol. The summed E-state index contributed by atoms with van der Waals surface area (Å²) in [4.78, 5) is 0. The molecule has 70 valence electrons. The normalized spacial score (nSPS) is 39.7. The zero-order chi connectivity index (χ0) is 9.22. The van der Waals surface area contributed by atoms with Crippen LogP contribution in [-0.4, -0.2) is 0 Å². The Bertz CT molecular complexity index is 322. The van der Waals surface area contributed by atoms with Crippen LogP contribution in [0.2, 0.25) is 0 Å². The van der Waals surface area contributed by atoms with E-state index in [-0.39, 0.29) is 0 Å². The number of allylic oxidation sites excluding steroid dienone is 3. The van der Waals surface area contributed by atoms with Crippen LogP contribution < -0.4 is 0 Å². The summed E-state index contributed by atoms with van der Waals surface area (Å²) in [5.74, 6) is 3.67. The maximum atomic E-state index is 5.78. The first-order valence-corrected chi connectivity index (χ1v) is 5.21. The van der Waals surface area contributed by atoms with Gasteiger partial charge in [-0.1, -0.05) is 20.4 Å². The fourth-order valence-corrected chi connectivity index (χ4v) is 3.30. The van der Waals surface area contributed by atoms with Gasteiger partial charge in [0.25, 0.3) is 0 Å². The molecule has 0 bridgehead atoms. The average Bonchev–Trinajstić information content (AvgIpc) is 2.42. The van der Waals surface area contributed by atoms with E-state index in [2.05, 4.69) is 20.4 Å². The van der Waals surface area contributed by atoms with E-state index in [1.807, 2.05) is 0 Å². The van der Waals surface area contributed by atoms with E-state index in [9.17, 15) is 0 Å². The summed E-state index contributed by atoms with van der Waals surface area (Å²) in [6, 6.07) is 0. The molecule has 3 aliphatic rings. The number of hydrogen-bond donors (Lipinski definition) is 0. The third-order valence-electron chi connectivity index (χ3n) is 4.01. The Morgan fingerprint density at radius 2 is 2.08 bits per heavy atom. The number of hydrogen-bond acceptors (Lipinski definition) is 1. The maximum Gasteiger partial charge on any atom is 0.103 e. The van der Waals surface area contributed by atoms with E-state index < -0.39 is 0 Å². The number of rotatable bonds is 0. The molecule has 2 aliphatic carbocycles. The SMILES string of the molecule is C=C1OC2=C(CCC2)C2C1C2(C)C. The lowest BCUT2D eigenvalue weighted by atomic mass is 10.0. The van der Waals surface area contributed by atoms with Crippen LogP contribution in [0, 0.1) is 17.3 Å². The van der Waals surface area contributed by atoms with Gasteiger partial charge in [-0.05, 0) is 29.7 Å². The van der Waals surface area contributed by atoms with Crippen LogP contribution in [0.15, 0.2) is 23.7 Å². The van der Waals surface area contributed by atoms with Gasteiger partial charge in [-0.25, -0.2) is 0 Å². The van der Waals surface area contributed by atoms with E-state index in [1.54, 1.807) is 5.57 Å². The molecule has 1 fully saturated rings. The van der Waals surface area contributed by atoms with Gasteiger partial charge in [0.2, 0.25) is 0 Å². The first-order chi connectivity index (χ1) is 6.12. The Balaban J connectivity index is 2.04. The third kappa shape index (κ3) is 0.780. The lowest BCUT2D eigenvalue weighted by molar-refractivity contribution is 0.254. The summed E-state index contributed by atoms with van der Waals surface area (Å²) >= 11 is 0. The molecule has 3 rings (SSSR count). The molecule has 0 aromatic rings. The third-order valence-corrected chi connectivity index (χ3v) is 4.01. The van der Waals surface area contributed by atoms with E-state index >= 15 is 0 Å². The summed E-state index contributed by atoms with van der Waals surface area (Å²) in [5, 5.41) is 0. The molecule has 0 aromatic heterocycles. The van der Waals surface area contributed by atoms with Crippen LogP contribution in [0.5, 0.6) is 0 Å². The Morgan fingerprint density at radius 1 is 1.31 bits per heavy atom. The minimum Gasteiger partial charge on any atom is -0.466 e. The van der Waals surface area contributed by atoms with Crippen molar-refractivity contribution in [1.29, 1.82) is 0 Å². The van der Waals surface area contributed by atoms with Crippen LogP contribution in [0.3, 0.4) is 0 Å².